The first kappa shape index (κ1) is 41.2. The van der Waals surface area contributed by atoms with Crippen molar-refractivity contribution < 1.29 is 0 Å². The molecule has 2 nitrogen and oxygen atoms in total. The Balaban J connectivity index is 0.816. The molecule has 2 heteroatoms. The highest BCUT2D eigenvalue weighted by atomic mass is 15.1. The van der Waals surface area contributed by atoms with E-state index in [0.29, 0.717) is 0 Å². The van der Waals surface area contributed by atoms with Gasteiger partial charge in [-0.1, -0.05) is 185 Å². The Hall–Kier alpha value is -8.20. The summed E-state index contributed by atoms with van der Waals surface area (Å²) in [6.07, 6.45) is 0. The van der Waals surface area contributed by atoms with E-state index in [1.165, 1.54) is 77.9 Å². The van der Waals surface area contributed by atoms with Gasteiger partial charge in [-0.3, -0.25) is 0 Å². The summed E-state index contributed by atoms with van der Waals surface area (Å²) in [5, 5.41) is 0. The van der Waals surface area contributed by atoms with Crippen molar-refractivity contribution in [2.45, 2.75) is 38.5 Å². The molecular weight excluding hydrogens is 821 g/mol. The van der Waals surface area contributed by atoms with Crippen LogP contribution in [-0.4, -0.2) is 0 Å². The maximum absolute atomic E-state index is 2.40. The van der Waals surface area contributed by atoms with Gasteiger partial charge in [-0.05, 0) is 163 Å². The molecule has 0 amide bonds. The lowest BCUT2D eigenvalue weighted by Crippen LogP contribution is -2.16. The van der Waals surface area contributed by atoms with Gasteiger partial charge in [0, 0.05) is 45.0 Å². The molecular formula is C66H52N2. The van der Waals surface area contributed by atoms with Gasteiger partial charge in [-0.2, -0.15) is 0 Å². The van der Waals surface area contributed by atoms with Crippen LogP contribution in [0.1, 0.15) is 49.9 Å². The van der Waals surface area contributed by atoms with Crippen molar-refractivity contribution in [3.05, 3.63) is 265 Å². The number of rotatable bonds is 9. The van der Waals surface area contributed by atoms with Crippen LogP contribution < -0.4 is 9.80 Å². The molecule has 0 fully saturated rings. The second-order valence-corrected chi connectivity index (χ2v) is 19.4. The van der Waals surface area contributed by atoms with Gasteiger partial charge in [0.2, 0.25) is 0 Å². The van der Waals surface area contributed by atoms with Crippen molar-refractivity contribution in [1.29, 1.82) is 0 Å². The van der Waals surface area contributed by atoms with Crippen LogP contribution in [0, 0.1) is 0 Å². The molecule has 2 aliphatic carbocycles. The van der Waals surface area contributed by atoms with E-state index in [-0.39, 0.29) is 10.8 Å². The molecule has 10 aromatic rings. The van der Waals surface area contributed by atoms with Crippen LogP contribution in [0.2, 0.25) is 0 Å². The topological polar surface area (TPSA) is 6.48 Å². The molecule has 326 valence electrons. The molecule has 2 aliphatic rings. The second kappa shape index (κ2) is 16.3. The molecule has 0 bridgehead atoms. The molecule has 0 aromatic heterocycles. The lowest BCUT2D eigenvalue weighted by atomic mass is 9.81. The minimum atomic E-state index is -0.0799. The zero-order valence-corrected chi connectivity index (χ0v) is 39.0. The van der Waals surface area contributed by atoms with Crippen molar-refractivity contribution in [3.63, 3.8) is 0 Å². The fourth-order valence-electron chi connectivity index (χ4n) is 11.1. The van der Waals surface area contributed by atoms with Crippen LogP contribution >= 0.6 is 0 Å². The van der Waals surface area contributed by atoms with Gasteiger partial charge >= 0.3 is 0 Å². The third kappa shape index (κ3) is 6.95. The predicted molar refractivity (Wildman–Crippen MR) is 287 cm³/mol. The average molecular weight is 873 g/mol. The highest BCUT2D eigenvalue weighted by molar-refractivity contribution is 5.88. The van der Waals surface area contributed by atoms with Gasteiger partial charge in [-0.25, -0.2) is 0 Å². The van der Waals surface area contributed by atoms with Crippen molar-refractivity contribution in [2.24, 2.45) is 0 Å². The minimum Gasteiger partial charge on any atom is -0.311 e. The first-order valence-corrected chi connectivity index (χ1v) is 23.8. The van der Waals surface area contributed by atoms with Gasteiger partial charge in [0.25, 0.3) is 0 Å². The van der Waals surface area contributed by atoms with E-state index in [4.69, 9.17) is 0 Å². The summed E-state index contributed by atoms with van der Waals surface area (Å²) in [5.74, 6) is 0. The molecule has 0 atom stereocenters. The van der Waals surface area contributed by atoms with Crippen molar-refractivity contribution in [3.8, 4) is 55.6 Å². The zero-order valence-electron chi connectivity index (χ0n) is 39.0. The summed E-state index contributed by atoms with van der Waals surface area (Å²) in [6.45, 7) is 9.39. The van der Waals surface area contributed by atoms with Gasteiger partial charge in [0.15, 0.2) is 0 Å². The number of anilines is 6. The van der Waals surface area contributed by atoms with Crippen LogP contribution in [0.25, 0.3) is 55.6 Å². The summed E-state index contributed by atoms with van der Waals surface area (Å²) in [6, 6.07) is 89.0. The average Bonchev–Trinajstić information content (AvgIpc) is 3.76. The molecule has 0 radical (unpaired) electrons. The van der Waals surface area contributed by atoms with E-state index in [1.54, 1.807) is 0 Å². The number of fused-ring (bicyclic) bond motifs is 6. The summed E-state index contributed by atoms with van der Waals surface area (Å²) in [5.41, 5.74) is 24.7. The smallest absolute Gasteiger partial charge is 0.0465 e. The number of nitrogens with zero attached hydrogens (tertiary/aromatic N) is 2. The lowest BCUT2D eigenvalue weighted by Gasteiger charge is -2.28. The van der Waals surface area contributed by atoms with Crippen molar-refractivity contribution in [2.75, 3.05) is 9.80 Å². The number of hydrogen-bond acceptors (Lipinski definition) is 2. The van der Waals surface area contributed by atoms with E-state index < -0.39 is 0 Å². The first-order valence-electron chi connectivity index (χ1n) is 23.8. The minimum absolute atomic E-state index is 0.0351. The van der Waals surface area contributed by atoms with E-state index in [2.05, 4.69) is 280 Å². The van der Waals surface area contributed by atoms with E-state index >= 15 is 0 Å². The Morgan fingerprint density at radius 1 is 0.221 bits per heavy atom. The summed E-state index contributed by atoms with van der Waals surface area (Å²) in [7, 11) is 0. The van der Waals surface area contributed by atoms with Gasteiger partial charge in [0.05, 0.1) is 0 Å². The second-order valence-electron chi connectivity index (χ2n) is 19.4. The van der Waals surface area contributed by atoms with Crippen LogP contribution in [-0.2, 0) is 10.8 Å². The third-order valence-electron chi connectivity index (χ3n) is 14.7. The monoisotopic (exact) mass is 872 g/mol. The fraction of sp³-hybridized carbons (Fsp3) is 0.0909. The summed E-state index contributed by atoms with van der Waals surface area (Å²) in [4.78, 5) is 4.72. The van der Waals surface area contributed by atoms with Gasteiger partial charge in [0.1, 0.15) is 0 Å². The molecule has 0 aliphatic heterocycles. The van der Waals surface area contributed by atoms with Crippen LogP contribution in [0.5, 0.6) is 0 Å². The number of para-hydroxylation sites is 2. The molecule has 0 saturated heterocycles. The highest BCUT2D eigenvalue weighted by Crippen LogP contribution is 2.52. The van der Waals surface area contributed by atoms with Crippen LogP contribution in [0.3, 0.4) is 0 Å². The standard InChI is InChI=1S/C66H52N2/c1-65(2)61-24-13-11-22-57(61)59-40-32-50(43-63(59)65)47-30-35-54(36-31-47)67(51-18-7-5-8-19-51)53-33-26-45(27-34-53)48-16-15-17-49(42-48)46-28-37-55(38-29-46)68(52-20-9-6-10-21-52)56-39-41-60-58-23-12-14-25-62(58)66(3,4)64(60)44-56/h5-44H,1-4H3. The molecule has 0 spiro atoms. The predicted octanol–water partition coefficient (Wildman–Crippen LogP) is 18.2. The van der Waals surface area contributed by atoms with Gasteiger partial charge < -0.3 is 9.80 Å². The Morgan fingerprint density at radius 2 is 0.544 bits per heavy atom. The largest absolute Gasteiger partial charge is 0.311 e. The fourth-order valence-corrected chi connectivity index (χ4v) is 11.1. The lowest BCUT2D eigenvalue weighted by molar-refractivity contribution is 0.660. The SMILES string of the molecule is CC1(C)c2ccccc2-c2ccc(-c3ccc(N(c4ccccc4)c4ccc(-c5cccc(-c6ccc(N(c7ccccc7)c7ccc8c(c7)C(C)(C)c7ccccc7-8)cc6)c5)cc4)cc3)cc21. The quantitative estimate of drug-likeness (QED) is 0.143. The Bertz CT molecular complexity index is 3470. The van der Waals surface area contributed by atoms with Gasteiger partial charge in [-0.15, -0.1) is 0 Å². The maximum Gasteiger partial charge on any atom is 0.0465 e. The Kier molecular flexibility index (Phi) is 9.88. The third-order valence-corrected chi connectivity index (χ3v) is 14.7. The number of hydrogen-bond donors (Lipinski definition) is 0. The van der Waals surface area contributed by atoms with E-state index in [0.717, 1.165) is 34.1 Å². The maximum atomic E-state index is 2.40. The molecule has 0 saturated carbocycles. The summed E-state index contributed by atoms with van der Waals surface area (Å²) >= 11 is 0. The van der Waals surface area contributed by atoms with E-state index in [9.17, 15) is 0 Å². The molecule has 0 heterocycles. The molecule has 0 unspecified atom stereocenters. The molecule has 68 heavy (non-hydrogen) atoms. The highest BCUT2D eigenvalue weighted by Gasteiger charge is 2.37. The number of benzene rings is 10. The Morgan fingerprint density at radius 3 is 1.01 bits per heavy atom. The van der Waals surface area contributed by atoms with Crippen molar-refractivity contribution in [1.82, 2.24) is 0 Å². The normalized spacial score (nSPS) is 13.5. The van der Waals surface area contributed by atoms with E-state index in [1.807, 2.05) is 0 Å². The van der Waals surface area contributed by atoms with Crippen LogP contribution in [0.4, 0.5) is 34.1 Å². The first-order chi connectivity index (χ1) is 33.2. The molecule has 12 rings (SSSR count). The Labute approximate surface area is 401 Å². The van der Waals surface area contributed by atoms with Crippen molar-refractivity contribution >= 4 is 34.1 Å². The molecule has 0 N–H and O–H groups in total. The zero-order chi connectivity index (χ0) is 46.0. The molecule has 10 aromatic carbocycles. The van der Waals surface area contributed by atoms with Crippen LogP contribution in [0.15, 0.2) is 243 Å². The summed E-state index contributed by atoms with van der Waals surface area (Å²) < 4.78 is 0.